The van der Waals surface area contributed by atoms with E-state index in [0.717, 1.165) is 19.3 Å². The zero-order valence-corrected chi connectivity index (χ0v) is 18.7. The topological polar surface area (TPSA) is 3.24 Å². The highest BCUT2D eigenvalue weighted by molar-refractivity contribution is 9.11. The minimum absolute atomic E-state index is 0.388. The maximum absolute atomic E-state index is 3.98. The van der Waals surface area contributed by atoms with Gasteiger partial charge in [-0.2, -0.15) is 0 Å². The second kappa shape index (κ2) is 6.49. The summed E-state index contributed by atoms with van der Waals surface area (Å²) in [7, 11) is 2.20. The average molecular weight is 432 g/mol. The van der Waals surface area contributed by atoms with Crippen LogP contribution in [0.5, 0.6) is 0 Å². The van der Waals surface area contributed by atoms with Crippen molar-refractivity contribution in [1.29, 1.82) is 0 Å². The van der Waals surface area contributed by atoms with E-state index in [1.807, 2.05) is 0 Å². The van der Waals surface area contributed by atoms with Gasteiger partial charge >= 0.3 is 0 Å². The monoisotopic (exact) mass is 431 g/mol. The van der Waals surface area contributed by atoms with Crippen LogP contribution in [0, 0.1) is 5.92 Å². The van der Waals surface area contributed by atoms with Crippen molar-refractivity contribution in [1.82, 2.24) is 4.90 Å². The molecular formula is C26H26BrN. The van der Waals surface area contributed by atoms with Crippen molar-refractivity contribution in [3.8, 4) is 0 Å². The Bertz CT molecular complexity index is 1090. The third kappa shape index (κ3) is 2.58. The van der Waals surface area contributed by atoms with Crippen molar-refractivity contribution in [2.24, 2.45) is 5.92 Å². The molecule has 4 aliphatic rings. The van der Waals surface area contributed by atoms with Gasteiger partial charge in [0.05, 0.1) is 5.92 Å². The summed E-state index contributed by atoms with van der Waals surface area (Å²) in [6, 6.07) is 8.79. The van der Waals surface area contributed by atoms with Crippen LogP contribution in [0.15, 0.2) is 85.7 Å². The average Bonchev–Trinajstić information content (AvgIpc) is 3.30. The molecule has 3 aliphatic carbocycles. The molecule has 0 aromatic heterocycles. The number of fused-ring (bicyclic) bond motifs is 3. The van der Waals surface area contributed by atoms with Gasteiger partial charge in [0.25, 0.3) is 0 Å². The molecular weight excluding hydrogens is 406 g/mol. The largest absolute Gasteiger partial charge is 0.351 e. The van der Waals surface area contributed by atoms with Crippen molar-refractivity contribution in [2.75, 3.05) is 7.05 Å². The number of halogens is 1. The Hall–Kier alpha value is -2.06. The molecule has 0 bridgehead atoms. The Morgan fingerprint density at radius 3 is 2.57 bits per heavy atom. The summed E-state index contributed by atoms with van der Waals surface area (Å²) in [5, 5.41) is 0. The smallest absolute Gasteiger partial charge is 0.0541 e. The molecule has 142 valence electrons. The molecule has 0 fully saturated rings. The summed E-state index contributed by atoms with van der Waals surface area (Å²) in [5.41, 5.74) is 14.5. The predicted octanol–water partition coefficient (Wildman–Crippen LogP) is 7.06. The van der Waals surface area contributed by atoms with Crippen LogP contribution in [0.3, 0.4) is 0 Å². The summed E-state index contributed by atoms with van der Waals surface area (Å²) in [4.78, 5) is 2.37. The zero-order chi connectivity index (χ0) is 19.6. The summed E-state index contributed by atoms with van der Waals surface area (Å²) >= 11 is 3.98. The summed E-state index contributed by atoms with van der Waals surface area (Å²) < 4.78 is 1.34. The SMILES string of the molecule is CC1=CC2=C(Br)C3C(=CC2=C1CCC1=Cc2ccccc2C1)N(C)C(C)=C3C. The fourth-order valence-corrected chi connectivity index (χ4v) is 6.04. The van der Waals surface area contributed by atoms with E-state index >= 15 is 0 Å². The molecule has 0 saturated heterocycles. The maximum Gasteiger partial charge on any atom is 0.0541 e. The molecule has 0 saturated carbocycles. The molecule has 1 unspecified atom stereocenters. The van der Waals surface area contributed by atoms with E-state index in [-0.39, 0.29) is 0 Å². The molecule has 28 heavy (non-hydrogen) atoms. The van der Waals surface area contributed by atoms with E-state index in [0.29, 0.717) is 5.92 Å². The molecule has 1 aliphatic heterocycles. The van der Waals surface area contributed by atoms with Crippen LogP contribution in [0.4, 0.5) is 0 Å². The lowest BCUT2D eigenvalue weighted by molar-refractivity contribution is 0.521. The van der Waals surface area contributed by atoms with Crippen molar-refractivity contribution in [3.05, 3.63) is 96.9 Å². The fraction of sp³-hybridized carbons (Fsp3) is 0.308. The molecule has 1 atom stereocenters. The standard InChI is InChI=1S/C26H26BrN/c1-15-11-23-22(14-24-25(26(23)27)16(2)17(3)28(24)4)21(15)10-9-18-12-19-7-5-6-8-20(19)13-18/h5-8,11-12,14,25H,9-10,13H2,1-4H3. The number of rotatable bonds is 3. The molecule has 0 radical (unpaired) electrons. The van der Waals surface area contributed by atoms with Crippen molar-refractivity contribution >= 4 is 22.0 Å². The first-order chi connectivity index (χ1) is 13.5. The summed E-state index contributed by atoms with van der Waals surface area (Å²) in [6.45, 7) is 6.78. The minimum Gasteiger partial charge on any atom is -0.351 e. The molecule has 1 nitrogen and oxygen atoms in total. The molecule has 1 heterocycles. The number of hydrogen-bond donors (Lipinski definition) is 0. The number of hydrogen-bond acceptors (Lipinski definition) is 1. The first-order valence-electron chi connectivity index (χ1n) is 10.2. The Morgan fingerprint density at radius 1 is 1.00 bits per heavy atom. The van der Waals surface area contributed by atoms with E-state index in [2.05, 4.69) is 91.1 Å². The van der Waals surface area contributed by atoms with Gasteiger partial charge in [-0.3, -0.25) is 0 Å². The minimum atomic E-state index is 0.388. The summed E-state index contributed by atoms with van der Waals surface area (Å²) in [6.07, 6.45) is 10.6. The van der Waals surface area contributed by atoms with Crippen LogP contribution >= 0.6 is 15.9 Å². The fourth-order valence-electron chi connectivity index (χ4n) is 5.13. The third-order valence-electron chi connectivity index (χ3n) is 6.97. The van der Waals surface area contributed by atoms with Crippen LogP contribution in [0.2, 0.25) is 0 Å². The van der Waals surface area contributed by atoms with Crippen molar-refractivity contribution < 1.29 is 0 Å². The van der Waals surface area contributed by atoms with E-state index in [4.69, 9.17) is 0 Å². The first kappa shape index (κ1) is 18.0. The second-order valence-electron chi connectivity index (χ2n) is 8.49. The van der Waals surface area contributed by atoms with Gasteiger partial charge in [0.1, 0.15) is 0 Å². The lowest BCUT2D eigenvalue weighted by Crippen LogP contribution is -2.17. The molecule has 1 aromatic carbocycles. The highest BCUT2D eigenvalue weighted by atomic mass is 79.9. The van der Waals surface area contributed by atoms with E-state index in [9.17, 15) is 0 Å². The lowest BCUT2D eigenvalue weighted by atomic mass is 9.87. The Balaban J connectivity index is 1.45. The van der Waals surface area contributed by atoms with Gasteiger partial charge in [-0.1, -0.05) is 57.9 Å². The van der Waals surface area contributed by atoms with Gasteiger partial charge in [-0.05, 0) is 85.1 Å². The Labute approximate surface area is 176 Å². The molecule has 2 heteroatoms. The Kier molecular flexibility index (Phi) is 4.17. The number of allylic oxidation sites excluding steroid dienone is 9. The molecule has 1 aromatic rings. The molecule has 0 spiro atoms. The molecule has 0 amide bonds. The number of nitrogens with zero attached hydrogens (tertiary/aromatic N) is 1. The predicted molar refractivity (Wildman–Crippen MR) is 122 cm³/mol. The van der Waals surface area contributed by atoms with Gasteiger partial charge in [-0.15, -0.1) is 0 Å². The Morgan fingerprint density at radius 2 is 1.79 bits per heavy atom. The van der Waals surface area contributed by atoms with Crippen molar-refractivity contribution in [3.63, 3.8) is 0 Å². The molecule has 0 N–H and O–H groups in total. The first-order valence-corrected chi connectivity index (χ1v) is 11.0. The van der Waals surface area contributed by atoms with Crippen LogP contribution in [-0.4, -0.2) is 11.9 Å². The van der Waals surface area contributed by atoms with E-state index < -0.39 is 0 Å². The number of benzene rings is 1. The maximum atomic E-state index is 3.98. The summed E-state index contributed by atoms with van der Waals surface area (Å²) in [5.74, 6) is 0.388. The van der Waals surface area contributed by atoms with E-state index in [1.54, 1.807) is 5.57 Å². The zero-order valence-electron chi connectivity index (χ0n) is 17.1. The highest BCUT2D eigenvalue weighted by Crippen LogP contribution is 2.51. The third-order valence-corrected chi connectivity index (χ3v) is 7.86. The quantitative estimate of drug-likeness (QED) is 0.494. The van der Waals surface area contributed by atoms with Gasteiger partial charge in [0.2, 0.25) is 0 Å². The van der Waals surface area contributed by atoms with E-state index in [1.165, 1.54) is 54.9 Å². The van der Waals surface area contributed by atoms with Gasteiger partial charge in [0, 0.05) is 22.9 Å². The lowest BCUT2D eigenvalue weighted by Gasteiger charge is -2.26. The van der Waals surface area contributed by atoms with Gasteiger partial charge in [0.15, 0.2) is 0 Å². The van der Waals surface area contributed by atoms with Crippen LogP contribution in [0.25, 0.3) is 6.08 Å². The van der Waals surface area contributed by atoms with Crippen LogP contribution < -0.4 is 0 Å². The van der Waals surface area contributed by atoms with Crippen LogP contribution in [0.1, 0.15) is 44.7 Å². The molecule has 5 rings (SSSR count). The van der Waals surface area contributed by atoms with Crippen molar-refractivity contribution in [2.45, 2.75) is 40.0 Å². The highest BCUT2D eigenvalue weighted by Gasteiger charge is 2.37. The van der Waals surface area contributed by atoms with Gasteiger partial charge in [-0.25, -0.2) is 0 Å². The second-order valence-corrected chi connectivity index (χ2v) is 9.34. The van der Waals surface area contributed by atoms with Crippen LogP contribution in [-0.2, 0) is 6.42 Å². The normalized spacial score (nSPS) is 23.1. The van der Waals surface area contributed by atoms with Gasteiger partial charge < -0.3 is 4.90 Å².